The van der Waals surface area contributed by atoms with Crippen molar-refractivity contribution >= 4 is 5.97 Å². The van der Waals surface area contributed by atoms with E-state index in [2.05, 4.69) is 4.89 Å². The third-order valence-corrected chi connectivity index (χ3v) is 0.963. The van der Waals surface area contributed by atoms with Crippen LogP contribution in [-0.4, -0.2) is 34.6 Å². The fourth-order valence-electron chi connectivity index (χ4n) is 0.518. The Labute approximate surface area is 70.8 Å². The zero-order chi connectivity index (χ0) is 9.78. The molecule has 0 heterocycles. The molecule has 0 rings (SSSR count). The van der Waals surface area contributed by atoms with Gasteiger partial charge < -0.3 is 9.84 Å². The molecule has 0 amide bonds. The van der Waals surface area contributed by atoms with Crippen molar-refractivity contribution in [2.24, 2.45) is 0 Å². The minimum atomic E-state index is -1.32. The van der Waals surface area contributed by atoms with Crippen LogP contribution in [0.15, 0.2) is 0 Å². The van der Waals surface area contributed by atoms with E-state index in [1.54, 1.807) is 20.8 Å². The zero-order valence-corrected chi connectivity index (χ0v) is 7.40. The van der Waals surface area contributed by atoms with Crippen molar-refractivity contribution in [3.8, 4) is 0 Å². The number of carbonyl (C=O) groups is 1. The first-order valence-electron chi connectivity index (χ1n) is 3.54. The minimum absolute atomic E-state index is 0.606. The Morgan fingerprint density at radius 2 is 2.00 bits per heavy atom. The largest absolute Gasteiger partial charge is 0.458 e. The molecule has 0 spiro atoms. The molecule has 0 radical (unpaired) electrons. The number of aliphatic hydroxyl groups is 1. The Morgan fingerprint density at radius 1 is 1.50 bits per heavy atom. The van der Waals surface area contributed by atoms with Crippen molar-refractivity contribution in [3.05, 3.63) is 0 Å². The highest BCUT2D eigenvalue weighted by Gasteiger charge is 2.25. The second-order valence-electron chi connectivity index (χ2n) is 3.31. The molecule has 5 heteroatoms. The first-order chi connectivity index (χ1) is 5.40. The van der Waals surface area contributed by atoms with Crippen LogP contribution in [0.25, 0.3) is 0 Å². The molecule has 5 nitrogen and oxygen atoms in total. The van der Waals surface area contributed by atoms with Crippen LogP contribution in [0.3, 0.4) is 0 Å². The van der Waals surface area contributed by atoms with Crippen LogP contribution in [0.4, 0.5) is 0 Å². The molecule has 0 saturated carbocycles. The molecule has 0 aliphatic carbocycles. The van der Waals surface area contributed by atoms with Crippen LogP contribution in [0.2, 0.25) is 0 Å². The van der Waals surface area contributed by atoms with E-state index in [-0.39, 0.29) is 0 Å². The van der Waals surface area contributed by atoms with Crippen LogP contribution in [-0.2, 0) is 14.4 Å². The van der Waals surface area contributed by atoms with Gasteiger partial charge in [0.15, 0.2) is 0 Å². The lowest BCUT2D eigenvalue weighted by Crippen LogP contribution is -2.35. The van der Waals surface area contributed by atoms with Crippen molar-refractivity contribution in [2.45, 2.75) is 32.5 Å². The van der Waals surface area contributed by atoms with Gasteiger partial charge in [0.05, 0.1) is 6.61 Å². The van der Waals surface area contributed by atoms with E-state index in [1.165, 1.54) is 0 Å². The smallest absolute Gasteiger partial charge is 0.341 e. The summed E-state index contributed by atoms with van der Waals surface area (Å²) in [5, 5.41) is 16.6. The Morgan fingerprint density at radius 3 is 2.25 bits per heavy atom. The van der Waals surface area contributed by atoms with Crippen LogP contribution in [0.5, 0.6) is 0 Å². The lowest BCUT2D eigenvalue weighted by Gasteiger charge is -2.21. The van der Waals surface area contributed by atoms with Crippen molar-refractivity contribution in [3.63, 3.8) is 0 Å². The number of ether oxygens (including phenoxy) is 1. The molecule has 0 aliphatic heterocycles. The van der Waals surface area contributed by atoms with Gasteiger partial charge in [-0.3, -0.25) is 5.26 Å². The molecular weight excluding hydrogens is 164 g/mol. The van der Waals surface area contributed by atoms with Gasteiger partial charge in [-0.1, -0.05) is 0 Å². The second-order valence-corrected chi connectivity index (χ2v) is 3.31. The number of aliphatic hydroxyl groups excluding tert-OH is 1. The van der Waals surface area contributed by atoms with Crippen molar-refractivity contribution in [1.82, 2.24) is 0 Å². The maximum atomic E-state index is 11.0. The molecule has 0 saturated heterocycles. The van der Waals surface area contributed by atoms with Crippen LogP contribution in [0.1, 0.15) is 20.8 Å². The first-order valence-corrected chi connectivity index (χ1v) is 3.54. The van der Waals surface area contributed by atoms with Crippen LogP contribution >= 0.6 is 0 Å². The maximum absolute atomic E-state index is 11.0. The molecule has 1 unspecified atom stereocenters. The van der Waals surface area contributed by atoms with Gasteiger partial charge in [-0.15, -0.1) is 0 Å². The van der Waals surface area contributed by atoms with Gasteiger partial charge in [0.25, 0.3) is 0 Å². The fourth-order valence-corrected chi connectivity index (χ4v) is 0.518. The van der Waals surface area contributed by atoms with Gasteiger partial charge in [0.1, 0.15) is 5.60 Å². The standard InChI is InChI=1S/C7H14O5/c1-7(2,3)11-6(9)5(4-8)12-10/h5,8,10H,4H2,1-3H3. The van der Waals surface area contributed by atoms with Gasteiger partial charge >= 0.3 is 5.97 Å². The fraction of sp³-hybridized carbons (Fsp3) is 0.857. The number of hydrogen-bond donors (Lipinski definition) is 2. The Balaban J connectivity index is 4.02. The summed E-state index contributed by atoms with van der Waals surface area (Å²) in [6.45, 7) is 4.43. The van der Waals surface area contributed by atoms with Crippen molar-refractivity contribution in [2.75, 3.05) is 6.61 Å². The summed E-state index contributed by atoms with van der Waals surface area (Å²) in [5.74, 6) is -0.785. The molecular formula is C7H14O5. The number of carbonyl (C=O) groups excluding carboxylic acids is 1. The molecule has 0 fully saturated rings. The summed E-state index contributed by atoms with van der Waals surface area (Å²) >= 11 is 0. The normalized spacial score (nSPS) is 14.1. The Hall–Kier alpha value is -0.650. The van der Waals surface area contributed by atoms with Gasteiger partial charge in [-0.05, 0) is 20.8 Å². The van der Waals surface area contributed by atoms with Gasteiger partial charge in [-0.25, -0.2) is 9.68 Å². The summed E-state index contributed by atoms with van der Waals surface area (Å²) in [5.41, 5.74) is -0.650. The topological polar surface area (TPSA) is 76.0 Å². The highest BCUT2D eigenvalue weighted by molar-refractivity contribution is 5.75. The third-order valence-electron chi connectivity index (χ3n) is 0.963. The predicted molar refractivity (Wildman–Crippen MR) is 40.4 cm³/mol. The Bertz CT molecular complexity index is 144. The first kappa shape index (κ1) is 11.4. The SMILES string of the molecule is CC(C)(C)OC(=O)C(CO)OO. The molecule has 12 heavy (non-hydrogen) atoms. The highest BCUT2D eigenvalue weighted by atomic mass is 17.1. The molecule has 0 aromatic carbocycles. The lowest BCUT2D eigenvalue weighted by atomic mass is 10.2. The molecule has 0 aromatic heterocycles. The summed E-state index contributed by atoms with van der Waals surface area (Å²) in [6, 6.07) is 0. The van der Waals surface area contributed by atoms with Gasteiger partial charge in [-0.2, -0.15) is 0 Å². The summed E-state index contributed by atoms with van der Waals surface area (Å²) in [4.78, 5) is 14.6. The lowest BCUT2D eigenvalue weighted by molar-refractivity contribution is -0.285. The quantitative estimate of drug-likeness (QED) is 0.366. The average Bonchev–Trinajstić information content (AvgIpc) is 1.85. The van der Waals surface area contributed by atoms with Gasteiger partial charge in [0, 0.05) is 0 Å². The predicted octanol–water partition coefficient (Wildman–Crippen LogP) is 0.179. The van der Waals surface area contributed by atoms with E-state index in [1.807, 2.05) is 0 Å². The van der Waals surface area contributed by atoms with Crippen molar-refractivity contribution < 1.29 is 24.8 Å². The van der Waals surface area contributed by atoms with Crippen LogP contribution < -0.4 is 0 Å². The minimum Gasteiger partial charge on any atom is -0.458 e. The van der Waals surface area contributed by atoms with Gasteiger partial charge in [0.2, 0.25) is 6.10 Å². The number of hydrogen-bond acceptors (Lipinski definition) is 5. The summed E-state index contributed by atoms with van der Waals surface area (Å²) < 4.78 is 4.80. The van der Waals surface area contributed by atoms with E-state index in [4.69, 9.17) is 15.1 Å². The van der Waals surface area contributed by atoms with E-state index in [0.29, 0.717) is 0 Å². The second kappa shape index (κ2) is 4.39. The Kier molecular flexibility index (Phi) is 4.16. The monoisotopic (exact) mass is 178 g/mol. The van der Waals surface area contributed by atoms with E-state index in [0.717, 1.165) is 0 Å². The average molecular weight is 178 g/mol. The molecule has 0 aliphatic rings. The third kappa shape index (κ3) is 4.27. The van der Waals surface area contributed by atoms with E-state index in [9.17, 15) is 4.79 Å². The summed E-state index contributed by atoms with van der Waals surface area (Å²) in [6.07, 6.45) is -1.32. The van der Waals surface area contributed by atoms with Crippen molar-refractivity contribution in [1.29, 1.82) is 0 Å². The number of esters is 1. The highest BCUT2D eigenvalue weighted by Crippen LogP contribution is 2.08. The summed E-state index contributed by atoms with van der Waals surface area (Å²) in [7, 11) is 0. The van der Waals surface area contributed by atoms with E-state index < -0.39 is 24.3 Å². The molecule has 0 bridgehead atoms. The molecule has 1 atom stereocenters. The zero-order valence-electron chi connectivity index (χ0n) is 7.40. The van der Waals surface area contributed by atoms with E-state index >= 15 is 0 Å². The maximum Gasteiger partial charge on any atom is 0.341 e. The molecule has 2 N–H and O–H groups in total. The number of rotatable bonds is 3. The van der Waals surface area contributed by atoms with Crippen LogP contribution in [0, 0.1) is 0 Å². The molecule has 72 valence electrons. The molecule has 0 aromatic rings.